The number of nitrogens with zero attached hydrogens (tertiary/aromatic N) is 1. The zero-order valence-corrected chi connectivity index (χ0v) is 16.4. The molecule has 0 spiro atoms. The molecular formula is C16H15Cl2NO5S2. The van der Waals surface area contributed by atoms with Crippen LogP contribution in [-0.4, -0.2) is 45.6 Å². The van der Waals surface area contributed by atoms with Crippen LogP contribution in [0.15, 0.2) is 53.4 Å². The topological polar surface area (TPSA) is 91.8 Å². The normalized spacial score (nSPS) is 22.3. The standard InChI is InChI=1S/C16H15Cl2NO5S2/c17-13-7-6-12(8-14(13)18)26(23,24)19(11-4-2-1-3-5-11)15-9-25(21,22)10-16(15)20/h1-8,15-16,20H,9-10H2/t15-,16-/m1/s1. The van der Waals surface area contributed by atoms with Crippen LogP contribution in [0.25, 0.3) is 0 Å². The maximum atomic E-state index is 13.3. The van der Waals surface area contributed by atoms with Crippen molar-refractivity contribution < 1.29 is 21.9 Å². The number of sulfone groups is 1. The fourth-order valence-corrected chi connectivity index (χ4v) is 6.80. The molecule has 0 aliphatic carbocycles. The third kappa shape index (κ3) is 3.70. The van der Waals surface area contributed by atoms with Crippen LogP contribution in [0.3, 0.4) is 0 Å². The molecule has 0 radical (unpaired) electrons. The molecule has 0 aromatic heterocycles. The highest BCUT2D eigenvalue weighted by molar-refractivity contribution is 7.93. The molecule has 26 heavy (non-hydrogen) atoms. The number of benzene rings is 2. The van der Waals surface area contributed by atoms with Crippen molar-refractivity contribution in [3.05, 3.63) is 58.6 Å². The van der Waals surface area contributed by atoms with Crippen LogP contribution in [-0.2, 0) is 19.9 Å². The van der Waals surface area contributed by atoms with E-state index in [0.717, 1.165) is 4.31 Å². The Morgan fingerprint density at radius 3 is 2.19 bits per heavy atom. The van der Waals surface area contributed by atoms with Gasteiger partial charge in [0.1, 0.15) is 0 Å². The monoisotopic (exact) mass is 435 g/mol. The lowest BCUT2D eigenvalue weighted by Crippen LogP contribution is -2.47. The first-order valence-electron chi connectivity index (χ1n) is 7.55. The van der Waals surface area contributed by atoms with Crippen LogP contribution in [0.1, 0.15) is 0 Å². The van der Waals surface area contributed by atoms with E-state index in [1.807, 2.05) is 0 Å². The van der Waals surface area contributed by atoms with Gasteiger partial charge in [-0.2, -0.15) is 0 Å². The molecule has 0 amide bonds. The fraction of sp³-hybridized carbons (Fsp3) is 0.250. The van der Waals surface area contributed by atoms with Crippen LogP contribution in [0.2, 0.25) is 10.0 Å². The van der Waals surface area contributed by atoms with E-state index in [1.165, 1.54) is 30.3 Å². The number of sulfonamides is 1. The Morgan fingerprint density at radius 2 is 1.65 bits per heavy atom. The lowest BCUT2D eigenvalue weighted by molar-refractivity contribution is 0.184. The van der Waals surface area contributed by atoms with E-state index >= 15 is 0 Å². The van der Waals surface area contributed by atoms with Gasteiger partial charge in [0, 0.05) is 0 Å². The maximum Gasteiger partial charge on any atom is 0.264 e. The highest BCUT2D eigenvalue weighted by Crippen LogP contribution is 2.33. The van der Waals surface area contributed by atoms with E-state index in [-0.39, 0.29) is 20.6 Å². The van der Waals surface area contributed by atoms with Crippen LogP contribution >= 0.6 is 23.2 Å². The third-order valence-electron chi connectivity index (χ3n) is 4.05. The smallest absolute Gasteiger partial charge is 0.264 e. The van der Waals surface area contributed by atoms with E-state index in [1.54, 1.807) is 18.2 Å². The number of hydrogen-bond acceptors (Lipinski definition) is 5. The van der Waals surface area contributed by atoms with Crippen molar-refractivity contribution in [1.82, 2.24) is 0 Å². The highest BCUT2D eigenvalue weighted by atomic mass is 35.5. The molecule has 1 aliphatic heterocycles. The quantitative estimate of drug-likeness (QED) is 0.795. The molecule has 1 aliphatic rings. The molecule has 6 nitrogen and oxygen atoms in total. The Bertz CT molecular complexity index is 1030. The van der Waals surface area contributed by atoms with Gasteiger partial charge in [0.25, 0.3) is 10.0 Å². The molecule has 1 heterocycles. The van der Waals surface area contributed by atoms with Crippen molar-refractivity contribution in [2.24, 2.45) is 0 Å². The van der Waals surface area contributed by atoms with Crippen LogP contribution in [0.4, 0.5) is 5.69 Å². The largest absolute Gasteiger partial charge is 0.390 e. The Balaban J connectivity index is 2.16. The van der Waals surface area contributed by atoms with Crippen LogP contribution in [0.5, 0.6) is 0 Å². The molecule has 10 heteroatoms. The van der Waals surface area contributed by atoms with E-state index in [4.69, 9.17) is 23.2 Å². The number of rotatable bonds is 4. The summed E-state index contributed by atoms with van der Waals surface area (Å²) >= 11 is 11.8. The lowest BCUT2D eigenvalue weighted by Gasteiger charge is -2.31. The Morgan fingerprint density at radius 1 is 1.00 bits per heavy atom. The number of halogens is 2. The molecule has 2 aromatic carbocycles. The van der Waals surface area contributed by atoms with Gasteiger partial charge in [-0.05, 0) is 30.3 Å². The van der Waals surface area contributed by atoms with Gasteiger partial charge in [0.05, 0.1) is 44.3 Å². The molecule has 2 atom stereocenters. The minimum Gasteiger partial charge on any atom is -0.390 e. The summed E-state index contributed by atoms with van der Waals surface area (Å²) in [5.41, 5.74) is 0.250. The molecule has 1 saturated heterocycles. The summed E-state index contributed by atoms with van der Waals surface area (Å²) in [5, 5.41) is 10.5. The highest BCUT2D eigenvalue weighted by Gasteiger charge is 2.45. The van der Waals surface area contributed by atoms with Crippen LogP contribution < -0.4 is 4.31 Å². The van der Waals surface area contributed by atoms with Gasteiger partial charge in [0.2, 0.25) is 0 Å². The van der Waals surface area contributed by atoms with Gasteiger partial charge in [0.15, 0.2) is 9.84 Å². The molecule has 0 saturated carbocycles. The van der Waals surface area contributed by atoms with E-state index in [0.29, 0.717) is 0 Å². The summed E-state index contributed by atoms with van der Waals surface area (Å²) < 4.78 is 51.3. The van der Waals surface area contributed by atoms with Gasteiger partial charge >= 0.3 is 0 Å². The Labute approximate surface area is 161 Å². The van der Waals surface area contributed by atoms with Gasteiger partial charge in [-0.1, -0.05) is 41.4 Å². The summed E-state index contributed by atoms with van der Waals surface area (Å²) in [6.07, 6.45) is -1.34. The first-order valence-corrected chi connectivity index (χ1v) is 11.6. The van der Waals surface area contributed by atoms with Crippen molar-refractivity contribution in [2.75, 3.05) is 15.8 Å². The van der Waals surface area contributed by atoms with Crippen LogP contribution in [0, 0.1) is 0 Å². The van der Waals surface area contributed by atoms with E-state index in [9.17, 15) is 21.9 Å². The second-order valence-electron chi connectivity index (χ2n) is 5.92. The van der Waals surface area contributed by atoms with Gasteiger partial charge in [-0.15, -0.1) is 0 Å². The molecule has 0 bridgehead atoms. The molecule has 3 rings (SSSR count). The second kappa shape index (κ2) is 7.01. The summed E-state index contributed by atoms with van der Waals surface area (Å²) in [7, 11) is -7.75. The van der Waals surface area contributed by atoms with Crippen molar-refractivity contribution in [3.8, 4) is 0 Å². The minimum atomic E-state index is -4.19. The van der Waals surface area contributed by atoms with Crippen molar-refractivity contribution in [3.63, 3.8) is 0 Å². The minimum absolute atomic E-state index is 0.0559. The fourth-order valence-electron chi connectivity index (χ4n) is 2.87. The van der Waals surface area contributed by atoms with Crippen molar-refractivity contribution >= 4 is 48.7 Å². The van der Waals surface area contributed by atoms with Crippen molar-refractivity contribution in [2.45, 2.75) is 17.0 Å². The molecule has 1 N–H and O–H groups in total. The first-order chi connectivity index (χ1) is 12.1. The summed E-state index contributed by atoms with van der Waals surface area (Å²) in [6, 6.07) is 10.7. The lowest BCUT2D eigenvalue weighted by atomic mass is 10.2. The number of para-hydroxylation sites is 1. The number of aliphatic hydroxyl groups is 1. The molecule has 0 unspecified atom stereocenters. The zero-order valence-electron chi connectivity index (χ0n) is 13.3. The second-order valence-corrected chi connectivity index (χ2v) is 10.7. The molecular weight excluding hydrogens is 421 g/mol. The molecule has 140 valence electrons. The average Bonchev–Trinajstić information content (AvgIpc) is 2.83. The predicted octanol–water partition coefficient (Wildman–Crippen LogP) is 2.35. The molecule has 1 fully saturated rings. The van der Waals surface area contributed by atoms with Gasteiger partial charge in [-0.25, -0.2) is 16.8 Å². The third-order valence-corrected chi connectivity index (χ3v) is 8.34. The Kier molecular flexibility index (Phi) is 5.24. The van der Waals surface area contributed by atoms with E-state index in [2.05, 4.69) is 0 Å². The van der Waals surface area contributed by atoms with Gasteiger partial charge in [-0.3, -0.25) is 4.31 Å². The van der Waals surface area contributed by atoms with Gasteiger partial charge < -0.3 is 5.11 Å². The summed E-state index contributed by atoms with van der Waals surface area (Å²) in [6.45, 7) is 0. The first kappa shape index (κ1) is 19.4. The number of anilines is 1. The SMILES string of the molecule is O=S1(=O)C[C@@H](O)[C@H](N(c2ccccc2)S(=O)(=O)c2ccc(Cl)c(Cl)c2)C1. The number of aliphatic hydroxyl groups excluding tert-OH is 1. The zero-order chi connectivity index (χ0) is 19.1. The van der Waals surface area contributed by atoms with E-state index < -0.39 is 43.5 Å². The van der Waals surface area contributed by atoms with Crippen molar-refractivity contribution in [1.29, 1.82) is 0 Å². The number of hydrogen-bond donors (Lipinski definition) is 1. The molecule has 2 aromatic rings. The summed E-state index contributed by atoms with van der Waals surface area (Å²) in [4.78, 5) is -0.146. The predicted molar refractivity (Wildman–Crippen MR) is 101 cm³/mol. The summed E-state index contributed by atoms with van der Waals surface area (Å²) in [5.74, 6) is -0.957. The average molecular weight is 436 g/mol. The maximum absolute atomic E-state index is 13.3. The Hall–Kier alpha value is -1.32.